The van der Waals surface area contributed by atoms with E-state index in [2.05, 4.69) is 0 Å². The minimum atomic E-state index is -1.70. The molecule has 3 rings (SSSR count). The Bertz CT molecular complexity index is 845. The molecule has 10 nitrogen and oxygen atoms in total. The van der Waals surface area contributed by atoms with Crippen molar-refractivity contribution in [2.24, 2.45) is 0 Å². The first-order valence-corrected chi connectivity index (χ1v) is 7.68. The Balaban J connectivity index is 2.06. The number of aliphatic hydroxyl groups is 4. The van der Waals surface area contributed by atoms with Crippen molar-refractivity contribution < 1.29 is 44.2 Å². The zero-order valence-corrected chi connectivity index (χ0v) is 13.6. The third kappa shape index (κ3) is 3.08. The summed E-state index contributed by atoms with van der Waals surface area (Å²) in [6.07, 6.45) is -7.72. The molecule has 2 heterocycles. The summed E-state index contributed by atoms with van der Waals surface area (Å²) in [4.78, 5) is 11.5. The molecule has 5 atom stereocenters. The fourth-order valence-electron chi connectivity index (χ4n) is 2.69. The molecular weight excluding hydrogens is 352 g/mol. The van der Waals surface area contributed by atoms with Crippen LogP contribution < -0.4 is 15.1 Å². The average Bonchev–Trinajstić information content (AvgIpc) is 2.64. The van der Waals surface area contributed by atoms with Gasteiger partial charge in [-0.05, 0) is 12.1 Å². The van der Waals surface area contributed by atoms with Gasteiger partial charge in [0.2, 0.25) is 17.8 Å². The molecular formula is C16H18O10. The number of hydrogen-bond acceptors (Lipinski definition) is 10. The van der Waals surface area contributed by atoms with Gasteiger partial charge in [-0.1, -0.05) is 0 Å². The highest BCUT2D eigenvalue weighted by atomic mass is 16.7. The zero-order valence-electron chi connectivity index (χ0n) is 13.6. The molecule has 1 aliphatic heterocycles. The van der Waals surface area contributed by atoms with Crippen LogP contribution in [0.25, 0.3) is 11.0 Å². The number of aliphatic hydroxyl groups excluding tert-OH is 4. The molecule has 0 saturated carbocycles. The lowest BCUT2D eigenvalue weighted by Gasteiger charge is -2.39. The van der Waals surface area contributed by atoms with Crippen LogP contribution in [-0.2, 0) is 4.74 Å². The maximum atomic E-state index is 11.5. The molecule has 26 heavy (non-hydrogen) atoms. The van der Waals surface area contributed by atoms with E-state index in [1.807, 2.05) is 0 Å². The Morgan fingerprint density at radius 3 is 2.54 bits per heavy atom. The number of phenolic OH excluding ortho intramolecular Hbond substituents is 1. The summed E-state index contributed by atoms with van der Waals surface area (Å²) in [7, 11) is 1.30. The van der Waals surface area contributed by atoms with E-state index >= 15 is 0 Å². The highest BCUT2D eigenvalue weighted by Gasteiger charge is 2.45. The minimum Gasteiger partial charge on any atom is -0.502 e. The van der Waals surface area contributed by atoms with Crippen LogP contribution >= 0.6 is 0 Å². The fraction of sp³-hybridized carbons (Fsp3) is 0.438. The van der Waals surface area contributed by atoms with Crippen LogP contribution in [0.5, 0.6) is 17.2 Å². The van der Waals surface area contributed by atoms with E-state index in [-0.39, 0.29) is 17.1 Å². The van der Waals surface area contributed by atoms with Crippen molar-refractivity contribution in [3.8, 4) is 17.2 Å². The molecule has 10 heteroatoms. The molecule has 1 saturated heterocycles. The van der Waals surface area contributed by atoms with E-state index < -0.39 is 48.7 Å². The third-order valence-electron chi connectivity index (χ3n) is 4.11. The molecule has 0 bridgehead atoms. The second-order valence-electron chi connectivity index (χ2n) is 5.74. The summed E-state index contributed by atoms with van der Waals surface area (Å²) in [5.41, 5.74) is -0.839. The third-order valence-corrected chi connectivity index (χ3v) is 4.11. The van der Waals surface area contributed by atoms with Crippen LogP contribution in [-0.4, -0.2) is 70.0 Å². The Morgan fingerprint density at radius 1 is 1.15 bits per heavy atom. The Morgan fingerprint density at radius 2 is 1.88 bits per heavy atom. The molecule has 1 fully saturated rings. The Kier molecular flexibility index (Phi) is 5.03. The molecule has 0 unspecified atom stereocenters. The first kappa shape index (κ1) is 18.4. The predicted molar refractivity (Wildman–Crippen MR) is 85.1 cm³/mol. The van der Waals surface area contributed by atoms with Crippen LogP contribution in [0.15, 0.2) is 27.4 Å². The summed E-state index contributed by atoms with van der Waals surface area (Å²) in [6.45, 7) is -0.648. The lowest BCUT2D eigenvalue weighted by atomic mass is 9.99. The first-order chi connectivity index (χ1) is 12.4. The topological polar surface area (TPSA) is 159 Å². The lowest BCUT2D eigenvalue weighted by Crippen LogP contribution is -2.60. The molecule has 0 radical (unpaired) electrons. The Labute approximate surface area is 146 Å². The summed E-state index contributed by atoms with van der Waals surface area (Å²) in [5.74, 6) is -0.876. The number of phenols is 1. The maximum absolute atomic E-state index is 11.5. The molecule has 2 aromatic rings. The molecule has 0 spiro atoms. The predicted octanol–water partition coefficient (Wildman–Crippen LogP) is -1.31. The number of rotatable bonds is 4. The van der Waals surface area contributed by atoms with Crippen molar-refractivity contribution in [2.75, 3.05) is 13.7 Å². The Hall–Kier alpha value is -2.37. The molecule has 0 aliphatic carbocycles. The van der Waals surface area contributed by atoms with E-state index in [9.17, 15) is 30.3 Å². The monoisotopic (exact) mass is 370 g/mol. The smallest absolute Gasteiger partial charge is 0.336 e. The van der Waals surface area contributed by atoms with Crippen molar-refractivity contribution in [1.29, 1.82) is 0 Å². The highest BCUT2D eigenvalue weighted by molar-refractivity contribution is 5.87. The summed E-state index contributed by atoms with van der Waals surface area (Å²) in [6, 6.07) is 3.99. The van der Waals surface area contributed by atoms with Gasteiger partial charge in [-0.3, -0.25) is 0 Å². The first-order valence-electron chi connectivity index (χ1n) is 7.68. The van der Waals surface area contributed by atoms with Crippen molar-refractivity contribution >= 4 is 11.0 Å². The molecule has 142 valence electrons. The van der Waals surface area contributed by atoms with E-state index in [0.717, 1.165) is 6.07 Å². The summed E-state index contributed by atoms with van der Waals surface area (Å²) < 4.78 is 20.8. The normalized spacial score (nSPS) is 28.9. The minimum absolute atomic E-state index is 0.00550. The van der Waals surface area contributed by atoms with Crippen LogP contribution in [0.4, 0.5) is 0 Å². The summed E-state index contributed by atoms with van der Waals surface area (Å²) >= 11 is 0. The SMILES string of the molecule is COc1cc2ccc(=O)oc2c(O[C@@H]2O[C@@H](CO)[C@@H](O)[C@@H](O)[C@H]2O)c1O. The van der Waals surface area contributed by atoms with Crippen molar-refractivity contribution in [2.45, 2.75) is 30.7 Å². The highest BCUT2D eigenvalue weighted by Crippen LogP contribution is 2.43. The standard InChI is InChI=1S/C16H18O10/c1-23-7-4-6-2-3-9(18)25-14(6)15(11(7)20)26-16-13(22)12(21)10(19)8(5-17)24-16/h2-4,8,10,12-13,16-17,19-22H,5H2,1H3/t8-,10+,12+,13+,16-/m0/s1. The summed E-state index contributed by atoms with van der Waals surface area (Å²) in [5, 5.41) is 49.6. The molecule has 1 aliphatic rings. The van der Waals surface area contributed by atoms with E-state index in [4.69, 9.17) is 18.6 Å². The van der Waals surface area contributed by atoms with Gasteiger partial charge in [0.05, 0.1) is 13.7 Å². The van der Waals surface area contributed by atoms with Crippen LogP contribution in [0, 0.1) is 0 Å². The van der Waals surface area contributed by atoms with Crippen LogP contribution in [0.2, 0.25) is 0 Å². The maximum Gasteiger partial charge on any atom is 0.336 e. The lowest BCUT2D eigenvalue weighted by molar-refractivity contribution is -0.277. The van der Waals surface area contributed by atoms with Gasteiger partial charge >= 0.3 is 5.63 Å². The van der Waals surface area contributed by atoms with Gasteiger partial charge in [-0.15, -0.1) is 0 Å². The van der Waals surface area contributed by atoms with E-state index in [1.54, 1.807) is 0 Å². The number of hydrogen-bond donors (Lipinski definition) is 5. The fourth-order valence-corrected chi connectivity index (χ4v) is 2.69. The number of methoxy groups -OCH3 is 1. The van der Waals surface area contributed by atoms with Gasteiger partial charge in [0.1, 0.15) is 24.4 Å². The largest absolute Gasteiger partial charge is 0.502 e. The quantitative estimate of drug-likeness (QED) is 0.409. The van der Waals surface area contributed by atoms with Crippen molar-refractivity contribution in [3.05, 3.63) is 28.6 Å². The number of ether oxygens (including phenoxy) is 3. The van der Waals surface area contributed by atoms with Crippen LogP contribution in [0.1, 0.15) is 0 Å². The van der Waals surface area contributed by atoms with E-state index in [0.29, 0.717) is 5.39 Å². The molecule has 0 amide bonds. The van der Waals surface area contributed by atoms with Crippen molar-refractivity contribution in [1.82, 2.24) is 0 Å². The van der Waals surface area contributed by atoms with Crippen LogP contribution in [0.3, 0.4) is 0 Å². The second-order valence-corrected chi connectivity index (χ2v) is 5.74. The molecule has 1 aromatic carbocycles. The average molecular weight is 370 g/mol. The second kappa shape index (κ2) is 7.09. The molecule has 1 aromatic heterocycles. The number of benzene rings is 1. The number of aromatic hydroxyl groups is 1. The van der Waals surface area contributed by atoms with Gasteiger partial charge in [-0.2, -0.15) is 0 Å². The van der Waals surface area contributed by atoms with E-state index in [1.165, 1.54) is 19.2 Å². The van der Waals surface area contributed by atoms with Gasteiger partial charge in [0.25, 0.3) is 0 Å². The van der Waals surface area contributed by atoms with Gasteiger partial charge in [0, 0.05) is 11.5 Å². The van der Waals surface area contributed by atoms with Gasteiger partial charge < -0.3 is 44.2 Å². The van der Waals surface area contributed by atoms with Gasteiger partial charge in [0.15, 0.2) is 11.3 Å². The van der Waals surface area contributed by atoms with Gasteiger partial charge in [-0.25, -0.2) is 4.79 Å². The van der Waals surface area contributed by atoms with Crippen molar-refractivity contribution in [3.63, 3.8) is 0 Å². The zero-order chi connectivity index (χ0) is 19.0. The number of fused-ring (bicyclic) bond motifs is 1. The molecule has 5 N–H and O–H groups in total.